The van der Waals surface area contributed by atoms with Crippen LogP contribution in [0.1, 0.15) is 18.5 Å². The minimum Gasteiger partial charge on any atom is -0.479 e. The summed E-state index contributed by atoms with van der Waals surface area (Å²) in [5.41, 5.74) is 1.06. The lowest BCUT2D eigenvalue weighted by Crippen LogP contribution is -2.32. The van der Waals surface area contributed by atoms with Gasteiger partial charge in [-0.3, -0.25) is 4.79 Å². The summed E-state index contributed by atoms with van der Waals surface area (Å²) < 4.78 is 5.16. The summed E-state index contributed by atoms with van der Waals surface area (Å²) in [7, 11) is 1.61. The molecule has 0 aliphatic rings. The molecule has 5 heteroatoms. The second-order valence-electron chi connectivity index (χ2n) is 3.79. The van der Waals surface area contributed by atoms with Crippen LogP contribution in [0.4, 0.5) is 0 Å². The van der Waals surface area contributed by atoms with Crippen molar-refractivity contribution in [1.82, 2.24) is 10.6 Å². The van der Waals surface area contributed by atoms with E-state index in [1.54, 1.807) is 7.05 Å². The third-order valence-corrected chi connectivity index (χ3v) is 2.53. The minimum absolute atomic E-state index is 0.0455. The molecule has 96 valence electrons. The van der Waals surface area contributed by atoms with Gasteiger partial charge in [0.05, 0.1) is 6.54 Å². The molecule has 1 unspecified atom stereocenters. The van der Waals surface area contributed by atoms with E-state index in [2.05, 4.69) is 10.6 Å². The first-order chi connectivity index (χ1) is 8.67. The Morgan fingerprint density at radius 3 is 2.67 bits per heavy atom. The average Bonchev–Trinajstić information content (AvgIpc) is 2.42. The van der Waals surface area contributed by atoms with Crippen LogP contribution >= 0.6 is 0 Å². The molecule has 0 heterocycles. The van der Waals surface area contributed by atoms with Crippen LogP contribution < -0.4 is 15.4 Å². The Bertz CT molecular complexity index is 423. The van der Waals surface area contributed by atoms with Gasteiger partial charge in [-0.25, -0.2) is 0 Å². The van der Waals surface area contributed by atoms with Crippen molar-refractivity contribution in [3.63, 3.8) is 0 Å². The molecule has 1 amide bonds. The lowest BCUT2D eigenvalue weighted by Gasteiger charge is -2.14. The quantitative estimate of drug-likeness (QED) is 0.786. The van der Waals surface area contributed by atoms with Crippen LogP contribution in [-0.4, -0.2) is 26.1 Å². The largest absolute Gasteiger partial charge is 0.479 e. The molecule has 0 spiro atoms. The molecule has 1 rings (SSSR count). The molecule has 0 saturated heterocycles. The van der Waals surface area contributed by atoms with Gasteiger partial charge in [0, 0.05) is 13.1 Å². The third-order valence-electron chi connectivity index (χ3n) is 2.53. The van der Waals surface area contributed by atoms with Gasteiger partial charge in [-0.1, -0.05) is 12.1 Å². The van der Waals surface area contributed by atoms with E-state index in [0.29, 0.717) is 5.75 Å². The smallest absolute Gasteiger partial charge is 0.233 e. The third kappa shape index (κ3) is 4.44. The van der Waals surface area contributed by atoms with E-state index < -0.39 is 0 Å². The molecule has 0 saturated carbocycles. The van der Waals surface area contributed by atoms with E-state index in [-0.39, 0.29) is 25.1 Å². The maximum absolute atomic E-state index is 11.1. The molecule has 0 radical (unpaired) electrons. The van der Waals surface area contributed by atoms with Gasteiger partial charge in [0.25, 0.3) is 0 Å². The van der Waals surface area contributed by atoms with Crippen LogP contribution in [-0.2, 0) is 4.79 Å². The number of hydrogen-bond acceptors (Lipinski definition) is 4. The van der Waals surface area contributed by atoms with Gasteiger partial charge < -0.3 is 15.4 Å². The molecular formula is C13H17N3O2. The average molecular weight is 247 g/mol. The lowest BCUT2D eigenvalue weighted by molar-refractivity contribution is -0.119. The maximum Gasteiger partial charge on any atom is 0.233 e. The molecular weight excluding hydrogens is 230 g/mol. The normalized spacial score (nSPS) is 11.4. The predicted molar refractivity (Wildman–Crippen MR) is 68.0 cm³/mol. The summed E-state index contributed by atoms with van der Waals surface area (Å²) in [6.45, 7) is 2.31. The maximum atomic E-state index is 11.1. The first kappa shape index (κ1) is 14.0. The van der Waals surface area contributed by atoms with Crippen molar-refractivity contribution < 1.29 is 9.53 Å². The number of ether oxygens (including phenoxy) is 1. The number of nitriles is 1. The number of carbonyl (C=O) groups excluding carboxylic acids is 1. The molecule has 1 aromatic rings. The van der Waals surface area contributed by atoms with Gasteiger partial charge in [0.2, 0.25) is 5.91 Å². The number of nitrogens with zero attached hydrogens (tertiary/aromatic N) is 1. The minimum atomic E-state index is -0.0455. The van der Waals surface area contributed by atoms with Crippen molar-refractivity contribution in [2.45, 2.75) is 13.0 Å². The van der Waals surface area contributed by atoms with Crippen molar-refractivity contribution in [3.05, 3.63) is 29.8 Å². The highest BCUT2D eigenvalue weighted by atomic mass is 16.5. The topological polar surface area (TPSA) is 74.2 Å². The van der Waals surface area contributed by atoms with Crippen LogP contribution in [0.25, 0.3) is 0 Å². The number of carbonyl (C=O) groups is 1. The van der Waals surface area contributed by atoms with Gasteiger partial charge in [-0.05, 0) is 24.6 Å². The van der Waals surface area contributed by atoms with Gasteiger partial charge in [0.15, 0.2) is 6.61 Å². The molecule has 0 aromatic heterocycles. The molecule has 2 N–H and O–H groups in total. The fourth-order valence-corrected chi connectivity index (χ4v) is 1.42. The van der Waals surface area contributed by atoms with Crippen molar-refractivity contribution >= 4 is 5.91 Å². The van der Waals surface area contributed by atoms with Crippen molar-refractivity contribution in [2.75, 3.05) is 20.2 Å². The second-order valence-corrected chi connectivity index (χ2v) is 3.79. The fourth-order valence-electron chi connectivity index (χ4n) is 1.42. The highest BCUT2D eigenvalue weighted by Gasteiger charge is 2.06. The summed E-state index contributed by atoms with van der Waals surface area (Å²) in [6, 6.07) is 9.43. The predicted octanol–water partition coefficient (Wildman–Crippen LogP) is 0.986. The van der Waals surface area contributed by atoms with Crippen LogP contribution in [0.5, 0.6) is 5.75 Å². The number of hydrogen-bond donors (Lipinski definition) is 2. The number of likely N-dealkylation sites (N-methyl/N-ethyl adjacent to an activating group) is 1. The Morgan fingerprint density at radius 2 is 2.11 bits per heavy atom. The Balaban J connectivity index is 2.51. The number of nitrogens with one attached hydrogen (secondary N) is 2. The Labute approximate surface area is 107 Å². The summed E-state index contributed by atoms with van der Waals surface area (Å²) >= 11 is 0. The van der Waals surface area contributed by atoms with Crippen molar-refractivity contribution in [3.8, 4) is 11.8 Å². The highest BCUT2D eigenvalue weighted by Crippen LogP contribution is 2.17. The first-order valence-corrected chi connectivity index (χ1v) is 5.71. The second kappa shape index (κ2) is 7.30. The van der Waals surface area contributed by atoms with E-state index in [1.165, 1.54) is 0 Å². The standard InChI is InChI=1S/C13H17N3O2/c1-10(16-9-13(17)15-2)11-3-5-12(6-4-11)18-8-7-14/h3-6,10,16H,8-9H2,1-2H3,(H,15,17). The van der Waals surface area contributed by atoms with Crippen molar-refractivity contribution in [1.29, 1.82) is 5.26 Å². The molecule has 5 nitrogen and oxygen atoms in total. The van der Waals surface area contributed by atoms with Crippen LogP contribution in [0.3, 0.4) is 0 Å². The van der Waals surface area contributed by atoms with Gasteiger partial charge in [-0.2, -0.15) is 5.26 Å². The molecule has 0 fully saturated rings. The summed E-state index contributed by atoms with van der Waals surface area (Å²) in [5, 5.41) is 14.1. The van der Waals surface area contributed by atoms with E-state index in [9.17, 15) is 4.79 Å². The summed E-state index contributed by atoms with van der Waals surface area (Å²) in [4.78, 5) is 11.1. The van der Waals surface area contributed by atoms with Gasteiger partial charge >= 0.3 is 0 Å². The number of rotatable bonds is 6. The van der Waals surface area contributed by atoms with Crippen LogP contribution in [0.2, 0.25) is 0 Å². The summed E-state index contributed by atoms with van der Waals surface area (Å²) in [5.74, 6) is 0.620. The van der Waals surface area contributed by atoms with Crippen LogP contribution in [0, 0.1) is 11.3 Å². The lowest BCUT2D eigenvalue weighted by atomic mass is 10.1. The number of benzene rings is 1. The molecule has 0 bridgehead atoms. The summed E-state index contributed by atoms with van der Waals surface area (Å²) in [6.07, 6.45) is 0. The van der Waals surface area contributed by atoms with E-state index in [1.807, 2.05) is 37.3 Å². The fraction of sp³-hybridized carbons (Fsp3) is 0.385. The highest BCUT2D eigenvalue weighted by molar-refractivity contribution is 5.77. The van der Waals surface area contributed by atoms with Gasteiger partial charge in [0.1, 0.15) is 11.8 Å². The van der Waals surface area contributed by atoms with E-state index >= 15 is 0 Å². The van der Waals surface area contributed by atoms with Gasteiger partial charge in [-0.15, -0.1) is 0 Å². The zero-order valence-electron chi connectivity index (χ0n) is 10.6. The molecule has 0 aliphatic carbocycles. The molecule has 1 atom stereocenters. The van der Waals surface area contributed by atoms with E-state index in [4.69, 9.17) is 10.00 Å². The van der Waals surface area contributed by atoms with Crippen LogP contribution in [0.15, 0.2) is 24.3 Å². The Kier molecular flexibility index (Phi) is 5.68. The van der Waals surface area contributed by atoms with Crippen molar-refractivity contribution in [2.24, 2.45) is 0 Å². The zero-order valence-corrected chi connectivity index (χ0v) is 10.6. The Hall–Kier alpha value is -2.06. The van der Waals surface area contributed by atoms with E-state index in [0.717, 1.165) is 5.56 Å². The Morgan fingerprint density at radius 1 is 1.44 bits per heavy atom. The number of amides is 1. The zero-order chi connectivity index (χ0) is 13.4. The molecule has 18 heavy (non-hydrogen) atoms. The molecule has 0 aliphatic heterocycles. The molecule has 1 aromatic carbocycles. The monoisotopic (exact) mass is 247 g/mol. The first-order valence-electron chi connectivity index (χ1n) is 5.71. The SMILES string of the molecule is CNC(=O)CNC(C)c1ccc(OCC#N)cc1.